The van der Waals surface area contributed by atoms with Crippen molar-refractivity contribution in [3.63, 3.8) is 0 Å². The Bertz CT molecular complexity index is 1410. The summed E-state index contributed by atoms with van der Waals surface area (Å²) in [5.41, 5.74) is 1.11. The lowest BCUT2D eigenvalue weighted by Gasteiger charge is -2.31. The molecule has 1 heterocycles. The Morgan fingerprint density at radius 3 is 2.33 bits per heavy atom. The van der Waals surface area contributed by atoms with Gasteiger partial charge < -0.3 is 4.74 Å². The topological polar surface area (TPSA) is 92.8 Å². The first-order chi connectivity index (χ1) is 15.6. The van der Waals surface area contributed by atoms with E-state index in [4.69, 9.17) is 4.74 Å². The number of nitrogens with one attached hydrogen (secondary N) is 1. The van der Waals surface area contributed by atoms with Crippen molar-refractivity contribution in [2.45, 2.75) is 22.6 Å². The number of hydrogen-bond acceptors (Lipinski definition) is 5. The standard InChI is InChI=1S/C22H20F2N2O5S2/c1-31-18-7-9-19(10-8-18)33(29,30)26-12-2-3-15-4-6-17(14-21(15)26)25-32(27,28)22-11-5-16(23)13-20(22)24/h4-11,13-14,25H,2-3,12H2,1H3. The summed E-state index contributed by atoms with van der Waals surface area (Å²) < 4.78 is 87.6. The van der Waals surface area contributed by atoms with Gasteiger partial charge in [0.2, 0.25) is 0 Å². The highest BCUT2D eigenvalue weighted by Gasteiger charge is 2.30. The van der Waals surface area contributed by atoms with E-state index >= 15 is 0 Å². The van der Waals surface area contributed by atoms with Gasteiger partial charge in [0.05, 0.1) is 23.4 Å². The van der Waals surface area contributed by atoms with Crippen LogP contribution in [0.1, 0.15) is 12.0 Å². The Balaban J connectivity index is 1.70. The summed E-state index contributed by atoms with van der Waals surface area (Å²) in [6.07, 6.45) is 1.21. The molecule has 0 fully saturated rings. The number of benzene rings is 3. The third kappa shape index (κ3) is 4.51. The number of aryl methyl sites for hydroxylation is 1. The number of methoxy groups -OCH3 is 1. The SMILES string of the molecule is COc1ccc(S(=O)(=O)N2CCCc3ccc(NS(=O)(=O)c4ccc(F)cc4F)cc32)cc1. The van der Waals surface area contributed by atoms with Crippen LogP contribution in [0.15, 0.2) is 70.5 Å². The van der Waals surface area contributed by atoms with E-state index < -0.39 is 36.6 Å². The van der Waals surface area contributed by atoms with E-state index in [9.17, 15) is 25.6 Å². The molecule has 1 aliphatic heterocycles. The molecule has 1 aliphatic rings. The molecule has 174 valence electrons. The van der Waals surface area contributed by atoms with Gasteiger partial charge in [-0.3, -0.25) is 9.03 Å². The molecule has 0 radical (unpaired) electrons. The predicted octanol–water partition coefficient (Wildman–Crippen LogP) is 3.92. The molecule has 0 aromatic heterocycles. The smallest absolute Gasteiger partial charge is 0.264 e. The number of fused-ring (bicyclic) bond motifs is 1. The minimum Gasteiger partial charge on any atom is -0.497 e. The largest absolute Gasteiger partial charge is 0.497 e. The zero-order valence-electron chi connectivity index (χ0n) is 17.5. The monoisotopic (exact) mass is 494 g/mol. The second-order valence-electron chi connectivity index (χ2n) is 7.38. The van der Waals surface area contributed by atoms with E-state index in [0.717, 1.165) is 17.7 Å². The van der Waals surface area contributed by atoms with Gasteiger partial charge in [0.15, 0.2) is 0 Å². The van der Waals surface area contributed by atoms with Crippen molar-refractivity contribution < 1.29 is 30.4 Å². The molecule has 11 heteroatoms. The molecular weight excluding hydrogens is 474 g/mol. The zero-order valence-corrected chi connectivity index (χ0v) is 19.1. The molecule has 0 aliphatic carbocycles. The molecule has 0 saturated carbocycles. The summed E-state index contributed by atoms with van der Waals surface area (Å²) in [5, 5.41) is 0. The van der Waals surface area contributed by atoms with Gasteiger partial charge in [-0.1, -0.05) is 6.07 Å². The van der Waals surface area contributed by atoms with E-state index in [1.165, 1.54) is 35.7 Å². The Morgan fingerprint density at radius 2 is 1.67 bits per heavy atom. The molecular formula is C22H20F2N2O5S2. The lowest BCUT2D eigenvalue weighted by atomic mass is 10.0. The van der Waals surface area contributed by atoms with Gasteiger partial charge in [-0.25, -0.2) is 25.6 Å². The molecule has 0 spiro atoms. The van der Waals surface area contributed by atoms with Crippen LogP contribution in [0, 0.1) is 11.6 Å². The third-order valence-corrected chi connectivity index (χ3v) is 8.49. The fourth-order valence-electron chi connectivity index (χ4n) is 3.63. The van der Waals surface area contributed by atoms with Crippen LogP contribution < -0.4 is 13.8 Å². The van der Waals surface area contributed by atoms with Crippen LogP contribution >= 0.6 is 0 Å². The number of sulfonamides is 2. The maximum atomic E-state index is 14.0. The third-order valence-electron chi connectivity index (χ3n) is 5.24. The van der Waals surface area contributed by atoms with E-state index in [0.29, 0.717) is 30.3 Å². The van der Waals surface area contributed by atoms with E-state index in [-0.39, 0.29) is 17.1 Å². The molecule has 0 amide bonds. The van der Waals surface area contributed by atoms with Crippen molar-refractivity contribution in [1.29, 1.82) is 0 Å². The minimum absolute atomic E-state index is 0.0503. The molecule has 3 aromatic rings. The number of halogens is 2. The van der Waals surface area contributed by atoms with Crippen molar-refractivity contribution in [3.8, 4) is 5.75 Å². The first-order valence-electron chi connectivity index (χ1n) is 9.89. The van der Waals surface area contributed by atoms with E-state index in [1.54, 1.807) is 18.2 Å². The first kappa shape index (κ1) is 23.0. The van der Waals surface area contributed by atoms with Crippen LogP contribution in [-0.4, -0.2) is 30.5 Å². The average molecular weight is 495 g/mol. The summed E-state index contributed by atoms with van der Waals surface area (Å²) in [6.45, 7) is 0.212. The van der Waals surface area contributed by atoms with Crippen LogP contribution in [0.5, 0.6) is 5.75 Å². The van der Waals surface area contributed by atoms with E-state index in [1.807, 2.05) is 0 Å². The van der Waals surface area contributed by atoms with Crippen LogP contribution in [-0.2, 0) is 26.5 Å². The molecule has 0 unspecified atom stereocenters. The lowest BCUT2D eigenvalue weighted by molar-refractivity contribution is 0.414. The van der Waals surface area contributed by atoms with Crippen LogP contribution in [0.2, 0.25) is 0 Å². The molecule has 33 heavy (non-hydrogen) atoms. The van der Waals surface area contributed by atoms with Crippen molar-refractivity contribution in [1.82, 2.24) is 0 Å². The fraction of sp³-hybridized carbons (Fsp3) is 0.182. The van der Waals surface area contributed by atoms with Gasteiger partial charge in [0, 0.05) is 12.6 Å². The van der Waals surface area contributed by atoms with Gasteiger partial charge in [0.25, 0.3) is 20.0 Å². The maximum Gasteiger partial charge on any atom is 0.264 e. The van der Waals surface area contributed by atoms with Crippen molar-refractivity contribution >= 4 is 31.4 Å². The predicted molar refractivity (Wildman–Crippen MR) is 119 cm³/mol. The highest BCUT2D eigenvalue weighted by atomic mass is 32.2. The molecule has 7 nitrogen and oxygen atoms in total. The molecule has 0 atom stereocenters. The molecule has 0 saturated heterocycles. The highest BCUT2D eigenvalue weighted by Crippen LogP contribution is 2.35. The second kappa shape index (κ2) is 8.64. The summed E-state index contributed by atoms with van der Waals surface area (Å²) >= 11 is 0. The van der Waals surface area contributed by atoms with Gasteiger partial charge in [-0.2, -0.15) is 0 Å². The second-order valence-corrected chi connectivity index (χ2v) is 10.9. The number of nitrogens with zero attached hydrogens (tertiary/aromatic N) is 1. The molecule has 3 aromatic carbocycles. The molecule has 0 bridgehead atoms. The van der Waals surface area contributed by atoms with Crippen molar-refractivity contribution in [3.05, 3.63) is 77.9 Å². The summed E-state index contributed by atoms with van der Waals surface area (Å²) in [5.74, 6) is -1.62. The normalized spacial score (nSPS) is 14.0. The summed E-state index contributed by atoms with van der Waals surface area (Å²) in [6, 6.07) is 12.6. The maximum absolute atomic E-state index is 14.0. The average Bonchev–Trinajstić information content (AvgIpc) is 2.78. The molecule has 4 rings (SSSR count). The fourth-order valence-corrected chi connectivity index (χ4v) is 6.28. The lowest BCUT2D eigenvalue weighted by Crippen LogP contribution is -2.35. The van der Waals surface area contributed by atoms with Gasteiger partial charge >= 0.3 is 0 Å². The van der Waals surface area contributed by atoms with Gasteiger partial charge in [-0.05, 0) is 66.9 Å². The Labute approximate surface area is 190 Å². The van der Waals surface area contributed by atoms with Crippen LogP contribution in [0.3, 0.4) is 0 Å². The Hall–Kier alpha value is -3.18. The van der Waals surface area contributed by atoms with Crippen LogP contribution in [0.25, 0.3) is 0 Å². The Morgan fingerprint density at radius 1 is 0.939 bits per heavy atom. The van der Waals surface area contributed by atoms with Crippen molar-refractivity contribution in [2.24, 2.45) is 0 Å². The van der Waals surface area contributed by atoms with E-state index in [2.05, 4.69) is 4.72 Å². The Kier molecular flexibility index (Phi) is 6.02. The number of rotatable bonds is 6. The first-order valence-corrected chi connectivity index (χ1v) is 12.8. The summed E-state index contributed by atoms with van der Waals surface area (Å²) in [4.78, 5) is -0.653. The minimum atomic E-state index is -4.37. The number of anilines is 2. The number of ether oxygens (including phenoxy) is 1. The van der Waals surface area contributed by atoms with Crippen molar-refractivity contribution in [2.75, 3.05) is 22.7 Å². The molecule has 1 N–H and O–H groups in total. The summed E-state index contributed by atoms with van der Waals surface area (Å²) in [7, 11) is -6.82. The quantitative estimate of drug-likeness (QED) is 0.561. The zero-order chi connectivity index (χ0) is 23.8. The van der Waals surface area contributed by atoms with Crippen LogP contribution in [0.4, 0.5) is 20.2 Å². The number of hydrogen-bond donors (Lipinski definition) is 1. The van der Waals surface area contributed by atoms with Gasteiger partial charge in [0.1, 0.15) is 22.3 Å². The highest BCUT2D eigenvalue weighted by molar-refractivity contribution is 7.93. The van der Waals surface area contributed by atoms with Gasteiger partial charge in [-0.15, -0.1) is 0 Å².